The monoisotopic (exact) mass is 209 g/mol. The van der Waals surface area contributed by atoms with E-state index in [4.69, 9.17) is 4.52 Å². The van der Waals surface area contributed by atoms with Gasteiger partial charge in [-0.25, -0.2) is 0 Å². The minimum absolute atomic E-state index is 0.192. The van der Waals surface area contributed by atoms with Crippen molar-refractivity contribution in [3.05, 3.63) is 11.7 Å². The quantitative estimate of drug-likeness (QED) is 0.812. The van der Waals surface area contributed by atoms with E-state index in [0.29, 0.717) is 5.92 Å². The summed E-state index contributed by atoms with van der Waals surface area (Å²) in [5.74, 6) is 1.87. The topological polar surface area (TPSA) is 51.0 Å². The van der Waals surface area contributed by atoms with Crippen LogP contribution in [0.4, 0.5) is 0 Å². The Balaban J connectivity index is 2.11. The van der Waals surface area contributed by atoms with Gasteiger partial charge >= 0.3 is 0 Å². The number of aromatic nitrogens is 2. The van der Waals surface area contributed by atoms with Crippen molar-refractivity contribution in [2.24, 2.45) is 0 Å². The van der Waals surface area contributed by atoms with Crippen LogP contribution in [0.2, 0.25) is 0 Å². The average Bonchev–Trinajstić information content (AvgIpc) is 2.70. The van der Waals surface area contributed by atoms with E-state index in [9.17, 15) is 0 Å². The number of nitrogens with zero attached hydrogens (tertiary/aromatic N) is 2. The van der Waals surface area contributed by atoms with E-state index in [-0.39, 0.29) is 11.6 Å². The molecule has 1 aliphatic rings. The number of hydrogen-bond acceptors (Lipinski definition) is 4. The SMILES string of the molecule is CC(C)c1noc(C2CCC(C)(C)N2)n1. The first-order valence-electron chi connectivity index (χ1n) is 5.59. The summed E-state index contributed by atoms with van der Waals surface area (Å²) >= 11 is 0. The van der Waals surface area contributed by atoms with Gasteiger partial charge in [0.25, 0.3) is 0 Å². The molecule has 1 aromatic heterocycles. The molecule has 1 saturated heterocycles. The van der Waals surface area contributed by atoms with Crippen molar-refractivity contribution in [3.63, 3.8) is 0 Å². The Kier molecular flexibility index (Phi) is 2.54. The highest BCUT2D eigenvalue weighted by Crippen LogP contribution is 2.31. The average molecular weight is 209 g/mol. The molecule has 0 saturated carbocycles. The number of rotatable bonds is 2. The van der Waals surface area contributed by atoms with Crippen LogP contribution in [-0.4, -0.2) is 15.7 Å². The predicted octanol–water partition coefficient (Wildman–Crippen LogP) is 2.40. The fourth-order valence-electron chi connectivity index (χ4n) is 1.93. The summed E-state index contributed by atoms with van der Waals surface area (Å²) < 4.78 is 5.28. The van der Waals surface area contributed by atoms with E-state index in [1.165, 1.54) is 0 Å². The molecule has 1 aliphatic heterocycles. The van der Waals surface area contributed by atoms with Crippen molar-refractivity contribution < 1.29 is 4.52 Å². The zero-order valence-electron chi connectivity index (χ0n) is 9.87. The summed E-state index contributed by atoms with van der Waals surface area (Å²) in [4.78, 5) is 4.42. The summed E-state index contributed by atoms with van der Waals surface area (Å²) in [7, 11) is 0. The Morgan fingerprint density at radius 1 is 1.47 bits per heavy atom. The van der Waals surface area contributed by atoms with E-state index in [1.807, 2.05) is 0 Å². The van der Waals surface area contributed by atoms with Crippen LogP contribution in [-0.2, 0) is 0 Å². The molecule has 1 atom stereocenters. The maximum absolute atomic E-state index is 5.28. The number of hydrogen-bond donors (Lipinski definition) is 1. The van der Waals surface area contributed by atoms with E-state index in [0.717, 1.165) is 24.6 Å². The first-order chi connectivity index (χ1) is 6.98. The highest BCUT2D eigenvalue weighted by molar-refractivity contribution is 5.02. The third-order valence-electron chi connectivity index (χ3n) is 2.89. The lowest BCUT2D eigenvalue weighted by Gasteiger charge is -2.18. The maximum Gasteiger partial charge on any atom is 0.243 e. The molecule has 1 unspecified atom stereocenters. The molecular formula is C11H19N3O. The fourth-order valence-corrected chi connectivity index (χ4v) is 1.93. The van der Waals surface area contributed by atoms with Crippen LogP contribution in [0.25, 0.3) is 0 Å². The Morgan fingerprint density at radius 3 is 2.67 bits per heavy atom. The summed E-state index contributed by atoms with van der Waals surface area (Å²) in [6, 6.07) is 0.236. The fraction of sp³-hybridized carbons (Fsp3) is 0.818. The summed E-state index contributed by atoms with van der Waals surface area (Å²) in [6.45, 7) is 8.54. The van der Waals surface area contributed by atoms with Crippen molar-refractivity contribution in [3.8, 4) is 0 Å². The van der Waals surface area contributed by atoms with Crippen molar-refractivity contribution in [2.45, 2.75) is 58.0 Å². The Bertz CT molecular complexity index is 343. The van der Waals surface area contributed by atoms with Gasteiger partial charge in [0.1, 0.15) is 0 Å². The molecule has 84 valence electrons. The molecule has 0 aromatic carbocycles. The summed E-state index contributed by atoms with van der Waals surface area (Å²) in [6.07, 6.45) is 2.23. The molecule has 0 bridgehead atoms. The Labute approximate surface area is 90.4 Å². The lowest BCUT2D eigenvalue weighted by atomic mass is 10.0. The third-order valence-corrected chi connectivity index (χ3v) is 2.89. The molecule has 1 aromatic rings. The van der Waals surface area contributed by atoms with Gasteiger partial charge in [0.15, 0.2) is 5.82 Å². The minimum Gasteiger partial charge on any atom is -0.338 e. The van der Waals surface area contributed by atoms with Crippen LogP contribution in [0.5, 0.6) is 0 Å². The van der Waals surface area contributed by atoms with Crippen LogP contribution < -0.4 is 5.32 Å². The second-order valence-electron chi connectivity index (χ2n) is 5.26. The van der Waals surface area contributed by atoms with Crippen molar-refractivity contribution in [1.82, 2.24) is 15.5 Å². The molecule has 0 spiro atoms. The first-order valence-corrected chi connectivity index (χ1v) is 5.59. The van der Waals surface area contributed by atoms with Gasteiger partial charge in [-0.15, -0.1) is 0 Å². The molecule has 0 aliphatic carbocycles. The zero-order chi connectivity index (χ0) is 11.1. The molecular weight excluding hydrogens is 190 g/mol. The van der Waals surface area contributed by atoms with Gasteiger partial charge in [0.2, 0.25) is 5.89 Å². The summed E-state index contributed by atoms with van der Waals surface area (Å²) in [5.41, 5.74) is 0.192. The smallest absolute Gasteiger partial charge is 0.243 e. The van der Waals surface area contributed by atoms with Crippen LogP contribution in [0, 0.1) is 0 Å². The van der Waals surface area contributed by atoms with E-state index in [1.54, 1.807) is 0 Å². The van der Waals surface area contributed by atoms with Gasteiger partial charge in [-0.1, -0.05) is 19.0 Å². The normalized spacial score (nSPS) is 25.0. The second kappa shape index (κ2) is 3.59. The third kappa shape index (κ3) is 2.20. The van der Waals surface area contributed by atoms with Crippen LogP contribution in [0.1, 0.15) is 64.2 Å². The molecule has 4 heteroatoms. The lowest BCUT2D eigenvalue weighted by Crippen LogP contribution is -2.33. The minimum atomic E-state index is 0.192. The molecule has 0 amide bonds. The molecule has 2 heterocycles. The lowest BCUT2D eigenvalue weighted by molar-refractivity contribution is 0.325. The van der Waals surface area contributed by atoms with Crippen molar-refractivity contribution in [1.29, 1.82) is 0 Å². The van der Waals surface area contributed by atoms with Gasteiger partial charge in [-0.05, 0) is 26.7 Å². The highest BCUT2D eigenvalue weighted by atomic mass is 16.5. The van der Waals surface area contributed by atoms with Gasteiger partial charge in [-0.3, -0.25) is 0 Å². The largest absolute Gasteiger partial charge is 0.338 e. The van der Waals surface area contributed by atoms with Gasteiger partial charge in [0, 0.05) is 11.5 Å². The highest BCUT2D eigenvalue weighted by Gasteiger charge is 2.33. The maximum atomic E-state index is 5.28. The Hall–Kier alpha value is -0.900. The standard InChI is InChI=1S/C11H19N3O/c1-7(2)9-12-10(15-14-9)8-5-6-11(3,4)13-8/h7-8,13H,5-6H2,1-4H3. The van der Waals surface area contributed by atoms with Gasteiger partial charge in [-0.2, -0.15) is 4.98 Å². The first kappa shape index (κ1) is 10.6. The molecule has 0 radical (unpaired) electrons. The molecule has 2 rings (SSSR count). The van der Waals surface area contributed by atoms with Gasteiger partial charge in [0.05, 0.1) is 6.04 Å². The van der Waals surface area contributed by atoms with Gasteiger partial charge < -0.3 is 9.84 Å². The molecule has 4 nitrogen and oxygen atoms in total. The van der Waals surface area contributed by atoms with Crippen LogP contribution in [0.3, 0.4) is 0 Å². The zero-order valence-corrected chi connectivity index (χ0v) is 9.87. The van der Waals surface area contributed by atoms with Crippen LogP contribution in [0.15, 0.2) is 4.52 Å². The van der Waals surface area contributed by atoms with E-state index >= 15 is 0 Å². The predicted molar refractivity (Wildman–Crippen MR) is 57.6 cm³/mol. The number of nitrogens with one attached hydrogen (secondary N) is 1. The second-order valence-corrected chi connectivity index (χ2v) is 5.26. The summed E-state index contributed by atoms with van der Waals surface area (Å²) in [5, 5.41) is 7.48. The van der Waals surface area contributed by atoms with E-state index < -0.39 is 0 Å². The molecule has 1 fully saturated rings. The van der Waals surface area contributed by atoms with E-state index in [2.05, 4.69) is 43.2 Å². The molecule has 15 heavy (non-hydrogen) atoms. The van der Waals surface area contributed by atoms with Crippen molar-refractivity contribution >= 4 is 0 Å². The molecule has 1 N–H and O–H groups in total. The van der Waals surface area contributed by atoms with Crippen molar-refractivity contribution in [2.75, 3.05) is 0 Å². The Morgan fingerprint density at radius 2 is 2.20 bits per heavy atom. The van der Waals surface area contributed by atoms with Crippen LogP contribution >= 0.6 is 0 Å².